The van der Waals surface area contributed by atoms with Crippen molar-refractivity contribution in [3.8, 4) is 0 Å². The fraction of sp³-hybridized carbons (Fsp3) is 0.591. The van der Waals surface area contributed by atoms with Gasteiger partial charge in [-0.25, -0.2) is 0 Å². The normalized spacial score (nSPS) is 9.64. The second-order valence-electron chi connectivity index (χ2n) is 12.6. The summed E-state index contributed by atoms with van der Waals surface area (Å²) >= 11 is 0. The molecule has 0 aromatic heterocycles. The summed E-state index contributed by atoms with van der Waals surface area (Å²) in [6, 6.07) is 30.1. The van der Waals surface area contributed by atoms with E-state index in [1.807, 2.05) is 47.6 Å². The Labute approximate surface area is 279 Å². The molecule has 0 heterocycles. The zero-order valence-corrected chi connectivity index (χ0v) is 32.9. The number of aryl methyl sites for hydroxylation is 2. The second kappa shape index (κ2) is 33.6. The van der Waals surface area contributed by atoms with E-state index in [1.165, 1.54) is 47.9 Å². The highest BCUT2D eigenvalue weighted by Gasteiger charge is 2.13. The molecular weight excluding hydrogens is 528 g/mol. The Hall–Kier alpha value is -2.34. The van der Waals surface area contributed by atoms with Crippen LogP contribution in [0, 0.1) is 17.8 Å². The van der Waals surface area contributed by atoms with Gasteiger partial charge in [0.25, 0.3) is 0 Å². The van der Waals surface area contributed by atoms with Crippen LogP contribution in [0.5, 0.6) is 0 Å². The number of hydrogen-bond donors (Lipinski definition) is 0. The van der Waals surface area contributed by atoms with Crippen molar-refractivity contribution >= 4 is 0 Å². The molecule has 3 aromatic rings. The van der Waals surface area contributed by atoms with Crippen LogP contribution < -0.4 is 0 Å². The van der Waals surface area contributed by atoms with Crippen molar-refractivity contribution in [1.82, 2.24) is 0 Å². The molecule has 0 atom stereocenters. The molecule has 44 heavy (non-hydrogen) atoms. The molecule has 0 amide bonds. The molecule has 0 nitrogen and oxygen atoms in total. The average molecular weight is 607 g/mol. The highest BCUT2D eigenvalue weighted by Crippen LogP contribution is 2.23. The molecule has 0 unspecified atom stereocenters. The van der Waals surface area contributed by atoms with Crippen LogP contribution in [0.1, 0.15) is 153 Å². The summed E-state index contributed by atoms with van der Waals surface area (Å²) in [7, 11) is 0. The van der Waals surface area contributed by atoms with E-state index < -0.39 is 0 Å². The molecule has 0 radical (unpaired) electrons. The average Bonchev–Trinajstić information content (AvgIpc) is 3.04. The minimum absolute atomic E-state index is 0.271. The monoisotopic (exact) mass is 607 g/mol. The molecule has 0 aliphatic carbocycles. The van der Waals surface area contributed by atoms with Crippen molar-refractivity contribution in [2.24, 2.45) is 17.8 Å². The first-order chi connectivity index (χ1) is 20.9. The molecule has 0 aliphatic rings. The SMILES string of the molecule is CC.CC.CC.CC(C)CCc1ccccc1.CC(C)Cc1cccc(C(C)(C)C)c1.CCC(C)C.CCc1ccccc1. The summed E-state index contributed by atoms with van der Waals surface area (Å²) in [5, 5.41) is 0. The van der Waals surface area contributed by atoms with E-state index in [0.717, 1.165) is 24.2 Å². The van der Waals surface area contributed by atoms with Gasteiger partial charge in [0, 0.05) is 0 Å². The molecule has 0 N–H and O–H groups in total. The van der Waals surface area contributed by atoms with E-state index in [2.05, 4.69) is 155 Å². The van der Waals surface area contributed by atoms with Gasteiger partial charge < -0.3 is 0 Å². The summed E-state index contributed by atoms with van der Waals surface area (Å²) in [4.78, 5) is 0. The molecule has 0 saturated carbocycles. The van der Waals surface area contributed by atoms with Crippen LogP contribution in [0.15, 0.2) is 84.9 Å². The quantitative estimate of drug-likeness (QED) is 0.251. The third kappa shape index (κ3) is 32.6. The molecule has 0 fully saturated rings. The predicted molar refractivity (Wildman–Crippen MR) is 208 cm³/mol. The summed E-state index contributed by atoms with van der Waals surface area (Å²) < 4.78 is 0. The zero-order chi connectivity index (χ0) is 35.0. The summed E-state index contributed by atoms with van der Waals surface area (Å²) in [6.07, 6.45) is 6.15. The fourth-order valence-corrected chi connectivity index (χ4v) is 3.45. The third-order valence-electron chi connectivity index (χ3n) is 6.36. The van der Waals surface area contributed by atoms with Crippen LogP contribution in [0.25, 0.3) is 0 Å². The van der Waals surface area contributed by atoms with Crippen molar-refractivity contribution in [3.05, 3.63) is 107 Å². The van der Waals surface area contributed by atoms with Gasteiger partial charge in [-0.1, -0.05) is 209 Å². The Morgan fingerprint density at radius 1 is 0.500 bits per heavy atom. The molecule has 3 rings (SSSR count). The number of rotatable bonds is 7. The molecule has 0 spiro atoms. The van der Waals surface area contributed by atoms with E-state index in [4.69, 9.17) is 0 Å². The van der Waals surface area contributed by atoms with Crippen LogP contribution in [0.4, 0.5) is 0 Å². The molecule has 0 bridgehead atoms. The molecule has 0 aliphatic heterocycles. The van der Waals surface area contributed by atoms with E-state index in [9.17, 15) is 0 Å². The van der Waals surface area contributed by atoms with Gasteiger partial charge in [-0.15, -0.1) is 0 Å². The van der Waals surface area contributed by atoms with Gasteiger partial charge in [-0.2, -0.15) is 0 Å². The van der Waals surface area contributed by atoms with Crippen molar-refractivity contribution in [2.75, 3.05) is 0 Å². The highest BCUT2D eigenvalue weighted by atomic mass is 14.2. The first kappa shape index (κ1) is 48.6. The van der Waals surface area contributed by atoms with Crippen molar-refractivity contribution in [3.63, 3.8) is 0 Å². The van der Waals surface area contributed by atoms with E-state index in [-0.39, 0.29) is 5.41 Å². The standard InChI is InChI=1S/C14H22.C11H16.C8H10.C5H12.3C2H6/c1-11(2)9-12-7-6-8-13(10-12)14(3,4)5;1-10(2)8-9-11-6-4-3-5-7-11;1-2-8-6-4-3-5-7-8;1-4-5(2)3;3*1-2/h6-8,10-11H,9H2,1-5H3;3-7,10H,8-9H2,1-2H3;3-7H,2H2,1H3;5H,4H2,1-3H3;3*1-2H3. The van der Waals surface area contributed by atoms with Crippen LogP contribution in [0.3, 0.4) is 0 Å². The largest absolute Gasteiger partial charge is 0.0683 e. The lowest BCUT2D eigenvalue weighted by Crippen LogP contribution is -2.11. The van der Waals surface area contributed by atoms with Gasteiger partial charge in [-0.3, -0.25) is 0 Å². The van der Waals surface area contributed by atoms with E-state index in [0.29, 0.717) is 0 Å². The molecule has 0 saturated heterocycles. The summed E-state index contributed by atoms with van der Waals surface area (Å²) in [6.45, 7) is 36.7. The summed E-state index contributed by atoms with van der Waals surface area (Å²) in [5.41, 5.74) is 6.05. The van der Waals surface area contributed by atoms with Gasteiger partial charge in [0.2, 0.25) is 0 Å². The minimum atomic E-state index is 0.271. The highest BCUT2D eigenvalue weighted by molar-refractivity contribution is 5.28. The van der Waals surface area contributed by atoms with Crippen LogP contribution in [0.2, 0.25) is 0 Å². The molecular formula is C44H78. The Bertz CT molecular complexity index is 911. The molecule has 3 aromatic carbocycles. The van der Waals surface area contributed by atoms with Gasteiger partial charge in [0.05, 0.1) is 0 Å². The maximum absolute atomic E-state index is 2.35. The molecule has 254 valence electrons. The van der Waals surface area contributed by atoms with Gasteiger partial charge >= 0.3 is 0 Å². The topological polar surface area (TPSA) is 0 Å². The van der Waals surface area contributed by atoms with Crippen LogP contribution in [-0.2, 0) is 24.7 Å². The Balaban J connectivity index is -0.000000239. The lowest BCUT2D eigenvalue weighted by Gasteiger charge is -2.20. The fourth-order valence-electron chi connectivity index (χ4n) is 3.45. The minimum Gasteiger partial charge on any atom is -0.0683 e. The van der Waals surface area contributed by atoms with Crippen molar-refractivity contribution in [1.29, 1.82) is 0 Å². The first-order valence-electron chi connectivity index (χ1n) is 18.1. The Morgan fingerprint density at radius 3 is 1.23 bits per heavy atom. The van der Waals surface area contributed by atoms with E-state index >= 15 is 0 Å². The molecule has 0 heteroatoms. The zero-order valence-electron chi connectivity index (χ0n) is 32.9. The van der Waals surface area contributed by atoms with Gasteiger partial charge in [0.1, 0.15) is 0 Å². The lowest BCUT2D eigenvalue weighted by molar-refractivity contribution is 0.586. The Morgan fingerprint density at radius 2 is 0.909 bits per heavy atom. The van der Waals surface area contributed by atoms with Crippen LogP contribution >= 0.6 is 0 Å². The van der Waals surface area contributed by atoms with Gasteiger partial charge in [-0.05, 0) is 71.1 Å². The Kier molecular flexibility index (Phi) is 37.0. The maximum Gasteiger partial charge on any atom is -0.0132 e. The lowest BCUT2D eigenvalue weighted by atomic mass is 9.85. The van der Waals surface area contributed by atoms with Crippen molar-refractivity contribution < 1.29 is 0 Å². The first-order valence-corrected chi connectivity index (χ1v) is 18.1. The summed E-state index contributed by atoms with van der Waals surface area (Å²) in [5.74, 6) is 2.44. The number of benzene rings is 3. The maximum atomic E-state index is 2.35. The number of hydrogen-bond acceptors (Lipinski definition) is 0. The van der Waals surface area contributed by atoms with Crippen LogP contribution in [-0.4, -0.2) is 0 Å². The van der Waals surface area contributed by atoms with E-state index in [1.54, 1.807) is 0 Å². The van der Waals surface area contributed by atoms with Crippen molar-refractivity contribution in [2.45, 2.75) is 155 Å². The smallest absolute Gasteiger partial charge is 0.0132 e. The second-order valence-corrected chi connectivity index (χ2v) is 12.6. The third-order valence-corrected chi connectivity index (χ3v) is 6.36. The predicted octanol–water partition coefficient (Wildman–Crippen LogP) is 14.8. The van der Waals surface area contributed by atoms with Gasteiger partial charge in [0.15, 0.2) is 0 Å².